The Morgan fingerprint density at radius 3 is 2.48 bits per heavy atom. The molecule has 21 heavy (non-hydrogen) atoms. The molecular formula is C15H22BrN3O2. The van der Waals surface area contributed by atoms with Crippen molar-refractivity contribution in [2.75, 3.05) is 27.7 Å². The van der Waals surface area contributed by atoms with Crippen molar-refractivity contribution in [2.24, 2.45) is 0 Å². The van der Waals surface area contributed by atoms with Crippen molar-refractivity contribution in [3.8, 4) is 0 Å². The fourth-order valence-corrected chi connectivity index (χ4v) is 3.39. The van der Waals surface area contributed by atoms with Crippen LogP contribution < -0.4 is 0 Å². The lowest BCUT2D eigenvalue weighted by Gasteiger charge is -2.49. The third-order valence-electron chi connectivity index (χ3n) is 4.46. The molecule has 0 spiro atoms. The standard InChI is InChI=1S/C15H22BrN3O2/c1-17(2)15(7-4-8-15)11-18(3)10-12-5-6-13(16)14(9-12)19(20)21/h5-6,9H,4,7-8,10-11H2,1-3H3. The Kier molecular flexibility index (Phi) is 5.01. The zero-order valence-electron chi connectivity index (χ0n) is 12.8. The number of nitrogens with zero attached hydrogens (tertiary/aromatic N) is 3. The lowest BCUT2D eigenvalue weighted by atomic mass is 9.75. The molecule has 1 fully saturated rings. The number of likely N-dealkylation sites (N-methyl/N-ethyl adjacent to an activating group) is 2. The molecule has 1 saturated carbocycles. The molecule has 5 nitrogen and oxygen atoms in total. The lowest BCUT2D eigenvalue weighted by Crippen LogP contribution is -2.56. The Hall–Kier alpha value is -0.980. The van der Waals surface area contributed by atoms with Crippen LogP contribution in [0.4, 0.5) is 5.69 Å². The van der Waals surface area contributed by atoms with Gasteiger partial charge in [0.15, 0.2) is 0 Å². The Bertz CT molecular complexity index is 530. The highest BCUT2D eigenvalue weighted by molar-refractivity contribution is 9.10. The molecule has 0 bridgehead atoms. The minimum absolute atomic E-state index is 0.131. The smallest absolute Gasteiger partial charge is 0.283 e. The van der Waals surface area contributed by atoms with Gasteiger partial charge in [-0.15, -0.1) is 0 Å². The largest absolute Gasteiger partial charge is 0.302 e. The number of hydrogen-bond donors (Lipinski definition) is 0. The summed E-state index contributed by atoms with van der Waals surface area (Å²) in [4.78, 5) is 15.2. The maximum atomic E-state index is 11.0. The minimum Gasteiger partial charge on any atom is -0.302 e. The first kappa shape index (κ1) is 16.4. The highest BCUT2D eigenvalue weighted by Gasteiger charge is 2.39. The minimum atomic E-state index is -0.346. The number of hydrogen-bond acceptors (Lipinski definition) is 4. The van der Waals surface area contributed by atoms with Crippen LogP contribution in [0.2, 0.25) is 0 Å². The molecule has 116 valence electrons. The van der Waals surface area contributed by atoms with Crippen LogP contribution in [0.25, 0.3) is 0 Å². The van der Waals surface area contributed by atoms with Gasteiger partial charge in [0, 0.05) is 24.7 Å². The normalized spacial score (nSPS) is 17.0. The Morgan fingerprint density at radius 1 is 1.33 bits per heavy atom. The van der Waals surface area contributed by atoms with Gasteiger partial charge in [-0.05, 0) is 68.0 Å². The fourth-order valence-electron chi connectivity index (χ4n) is 3.00. The number of nitro groups is 1. The van der Waals surface area contributed by atoms with Crippen LogP contribution in [-0.2, 0) is 6.54 Å². The van der Waals surface area contributed by atoms with Gasteiger partial charge in [-0.3, -0.25) is 10.1 Å². The van der Waals surface area contributed by atoms with E-state index in [-0.39, 0.29) is 16.1 Å². The molecule has 0 radical (unpaired) electrons. The van der Waals surface area contributed by atoms with Gasteiger partial charge >= 0.3 is 0 Å². The van der Waals surface area contributed by atoms with E-state index in [1.165, 1.54) is 19.3 Å². The SMILES string of the molecule is CN(Cc1ccc(Br)c([N+](=O)[O-])c1)CC1(N(C)C)CCC1. The van der Waals surface area contributed by atoms with Crippen molar-refractivity contribution in [3.05, 3.63) is 38.3 Å². The molecule has 2 rings (SSSR count). The lowest BCUT2D eigenvalue weighted by molar-refractivity contribution is -0.385. The molecule has 6 heteroatoms. The predicted molar refractivity (Wildman–Crippen MR) is 87.4 cm³/mol. The van der Waals surface area contributed by atoms with E-state index in [2.05, 4.69) is 46.9 Å². The number of nitro benzene ring substituents is 1. The quantitative estimate of drug-likeness (QED) is 0.580. The second kappa shape index (κ2) is 6.42. The van der Waals surface area contributed by atoms with Crippen LogP contribution in [-0.4, -0.2) is 47.9 Å². The van der Waals surface area contributed by atoms with E-state index >= 15 is 0 Å². The van der Waals surface area contributed by atoms with E-state index < -0.39 is 0 Å². The summed E-state index contributed by atoms with van der Waals surface area (Å²) in [6.45, 7) is 1.72. The number of rotatable bonds is 6. The van der Waals surface area contributed by atoms with Gasteiger partial charge in [0.1, 0.15) is 0 Å². The third kappa shape index (κ3) is 3.62. The average molecular weight is 356 g/mol. The van der Waals surface area contributed by atoms with Crippen molar-refractivity contribution >= 4 is 21.6 Å². The zero-order valence-corrected chi connectivity index (χ0v) is 14.4. The van der Waals surface area contributed by atoms with E-state index in [9.17, 15) is 10.1 Å². The van der Waals surface area contributed by atoms with Crippen LogP contribution in [0.15, 0.2) is 22.7 Å². The van der Waals surface area contributed by atoms with Gasteiger partial charge in [-0.1, -0.05) is 6.07 Å². The summed E-state index contributed by atoms with van der Waals surface area (Å²) in [5.74, 6) is 0. The Labute approximate surface area is 134 Å². The van der Waals surface area contributed by atoms with Crippen molar-refractivity contribution in [2.45, 2.75) is 31.3 Å². The first-order valence-electron chi connectivity index (χ1n) is 7.13. The highest BCUT2D eigenvalue weighted by atomic mass is 79.9. The zero-order chi connectivity index (χ0) is 15.6. The van der Waals surface area contributed by atoms with Crippen molar-refractivity contribution in [1.29, 1.82) is 0 Å². The summed E-state index contributed by atoms with van der Waals surface area (Å²) < 4.78 is 0.530. The molecule has 0 atom stereocenters. The molecule has 0 aliphatic heterocycles. The van der Waals surface area contributed by atoms with Crippen LogP contribution >= 0.6 is 15.9 Å². The van der Waals surface area contributed by atoms with Gasteiger partial charge in [0.2, 0.25) is 0 Å². The van der Waals surface area contributed by atoms with Crippen LogP contribution in [0.3, 0.4) is 0 Å². The maximum Gasteiger partial charge on any atom is 0.283 e. The van der Waals surface area contributed by atoms with E-state index in [1.54, 1.807) is 12.1 Å². The van der Waals surface area contributed by atoms with E-state index in [0.717, 1.165) is 18.7 Å². The predicted octanol–water partition coefficient (Wildman–Crippen LogP) is 3.27. The Balaban J connectivity index is 2.04. The van der Waals surface area contributed by atoms with Crippen molar-refractivity contribution in [3.63, 3.8) is 0 Å². The topological polar surface area (TPSA) is 49.6 Å². The molecule has 0 unspecified atom stereocenters. The molecule has 0 saturated heterocycles. The van der Waals surface area contributed by atoms with Crippen LogP contribution in [0, 0.1) is 10.1 Å². The summed E-state index contributed by atoms with van der Waals surface area (Å²) in [5.41, 5.74) is 1.38. The highest BCUT2D eigenvalue weighted by Crippen LogP contribution is 2.37. The number of benzene rings is 1. The molecule has 0 heterocycles. The summed E-state index contributed by atoms with van der Waals surface area (Å²) in [6, 6.07) is 5.35. The van der Waals surface area contributed by atoms with Gasteiger partial charge in [-0.2, -0.15) is 0 Å². The first-order chi connectivity index (χ1) is 9.84. The fraction of sp³-hybridized carbons (Fsp3) is 0.600. The second-order valence-electron chi connectivity index (χ2n) is 6.19. The average Bonchev–Trinajstić information content (AvgIpc) is 2.35. The molecule has 1 aliphatic rings. The van der Waals surface area contributed by atoms with Crippen LogP contribution in [0.1, 0.15) is 24.8 Å². The molecule has 0 aromatic heterocycles. The molecular weight excluding hydrogens is 334 g/mol. The van der Waals surface area contributed by atoms with E-state index in [4.69, 9.17) is 0 Å². The summed E-state index contributed by atoms with van der Waals surface area (Å²) in [6.07, 6.45) is 3.74. The Morgan fingerprint density at radius 2 is 2.00 bits per heavy atom. The van der Waals surface area contributed by atoms with Gasteiger partial charge < -0.3 is 9.80 Å². The second-order valence-corrected chi connectivity index (χ2v) is 7.04. The van der Waals surface area contributed by atoms with Gasteiger partial charge in [0.25, 0.3) is 5.69 Å². The molecule has 0 amide bonds. The summed E-state index contributed by atoms with van der Waals surface area (Å²) in [5, 5.41) is 11.0. The van der Waals surface area contributed by atoms with Gasteiger partial charge in [0.05, 0.1) is 9.40 Å². The third-order valence-corrected chi connectivity index (χ3v) is 5.13. The van der Waals surface area contributed by atoms with E-state index in [1.807, 2.05) is 6.07 Å². The summed E-state index contributed by atoms with van der Waals surface area (Å²) in [7, 11) is 6.35. The first-order valence-corrected chi connectivity index (χ1v) is 7.92. The number of halogens is 1. The maximum absolute atomic E-state index is 11.0. The summed E-state index contributed by atoms with van der Waals surface area (Å²) >= 11 is 3.22. The monoisotopic (exact) mass is 355 g/mol. The molecule has 1 aromatic rings. The van der Waals surface area contributed by atoms with Crippen LogP contribution in [0.5, 0.6) is 0 Å². The van der Waals surface area contributed by atoms with Crippen molar-refractivity contribution in [1.82, 2.24) is 9.80 Å². The van der Waals surface area contributed by atoms with E-state index in [0.29, 0.717) is 4.47 Å². The molecule has 1 aromatic carbocycles. The molecule has 1 aliphatic carbocycles. The van der Waals surface area contributed by atoms with Crippen molar-refractivity contribution < 1.29 is 4.92 Å². The van der Waals surface area contributed by atoms with Gasteiger partial charge in [-0.25, -0.2) is 0 Å². The molecule has 0 N–H and O–H groups in total.